The molecule has 0 saturated carbocycles. The molecule has 98 valence electrons. The highest BCUT2D eigenvalue weighted by Gasteiger charge is 2.11. The second-order valence-electron chi connectivity index (χ2n) is 4.09. The van der Waals surface area contributed by atoms with Gasteiger partial charge in [0.2, 0.25) is 0 Å². The van der Waals surface area contributed by atoms with E-state index in [1.54, 1.807) is 30.6 Å². The van der Waals surface area contributed by atoms with Crippen molar-refractivity contribution in [2.24, 2.45) is 0 Å². The van der Waals surface area contributed by atoms with E-state index in [9.17, 15) is 4.79 Å². The van der Waals surface area contributed by atoms with Gasteiger partial charge in [0, 0.05) is 20.3 Å². The SMILES string of the molecule is CN(C)c1ccncc1NC(=O)c1cccc(Cl)n1. The molecule has 1 N–H and O–H groups in total. The number of amides is 1. The van der Waals surface area contributed by atoms with Gasteiger partial charge in [0.15, 0.2) is 0 Å². The van der Waals surface area contributed by atoms with Crippen LogP contribution in [0, 0.1) is 0 Å². The lowest BCUT2D eigenvalue weighted by Gasteiger charge is -2.17. The molecule has 0 atom stereocenters. The third-order valence-corrected chi connectivity index (χ3v) is 2.69. The first-order chi connectivity index (χ1) is 9.08. The number of hydrogen-bond acceptors (Lipinski definition) is 4. The molecule has 5 nitrogen and oxygen atoms in total. The van der Waals surface area contributed by atoms with E-state index in [-0.39, 0.29) is 16.8 Å². The second kappa shape index (κ2) is 5.67. The molecule has 2 heterocycles. The minimum Gasteiger partial charge on any atom is -0.376 e. The molecule has 0 spiro atoms. The zero-order valence-corrected chi connectivity index (χ0v) is 11.3. The number of carbonyl (C=O) groups excluding carboxylic acids is 1. The zero-order chi connectivity index (χ0) is 13.8. The normalized spacial score (nSPS) is 10.1. The third-order valence-electron chi connectivity index (χ3n) is 2.48. The summed E-state index contributed by atoms with van der Waals surface area (Å²) in [5.41, 5.74) is 1.76. The molecule has 0 aromatic carbocycles. The van der Waals surface area contributed by atoms with E-state index in [2.05, 4.69) is 15.3 Å². The lowest BCUT2D eigenvalue weighted by molar-refractivity contribution is 0.102. The molecule has 0 aliphatic carbocycles. The number of aromatic nitrogens is 2. The maximum Gasteiger partial charge on any atom is 0.274 e. The lowest BCUT2D eigenvalue weighted by Crippen LogP contribution is -2.17. The summed E-state index contributed by atoms with van der Waals surface area (Å²) in [6.07, 6.45) is 3.26. The van der Waals surface area contributed by atoms with Crippen LogP contribution in [0.15, 0.2) is 36.7 Å². The molecule has 2 aromatic heterocycles. The Hall–Kier alpha value is -2.14. The van der Waals surface area contributed by atoms with Gasteiger partial charge in [-0.2, -0.15) is 0 Å². The average Bonchev–Trinajstić information content (AvgIpc) is 2.39. The minimum absolute atomic E-state index is 0.265. The van der Waals surface area contributed by atoms with Crippen molar-refractivity contribution in [1.82, 2.24) is 9.97 Å². The largest absolute Gasteiger partial charge is 0.376 e. The van der Waals surface area contributed by atoms with Gasteiger partial charge in [-0.1, -0.05) is 17.7 Å². The smallest absolute Gasteiger partial charge is 0.274 e. The van der Waals surface area contributed by atoms with Crippen molar-refractivity contribution in [3.05, 3.63) is 47.5 Å². The average molecular weight is 277 g/mol. The summed E-state index contributed by atoms with van der Waals surface area (Å²) < 4.78 is 0. The van der Waals surface area contributed by atoms with Crippen molar-refractivity contribution in [1.29, 1.82) is 0 Å². The van der Waals surface area contributed by atoms with Gasteiger partial charge in [0.25, 0.3) is 5.91 Å². The standard InChI is InChI=1S/C13H13ClN4O/c1-18(2)11-6-7-15-8-10(11)17-13(19)9-4-3-5-12(14)16-9/h3-8H,1-2H3,(H,17,19). The summed E-state index contributed by atoms with van der Waals surface area (Å²) in [5.74, 6) is -0.321. The highest BCUT2D eigenvalue weighted by molar-refractivity contribution is 6.29. The first kappa shape index (κ1) is 13.3. The van der Waals surface area contributed by atoms with Crippen molar-refractivity contribution in [3.8, 4) is 0 Å². The molecular weight excluding hydrogens is 264 g/mol. The molecule has 19 heavy (non-hydrogen) atoms. The minimum atomic E-state index is -0.321. The molecule has 0 aliphatic rings. The number of nitrogens with zero attached hydrogens (tertiary/aromatic N) is 3. The van der Waals surface area contributed by atoms with Gasteiger partial charge in [-0.05, 0) is 18.2 Å². The Morgan fingerprint density at radius 2 is 2.11 bits per heavy atom. The second-order valence-corrected chi connectivity index (χ2v) is 4.47. The summed E-state index contributed by atoms with van der Waals surface area (Å²) in [6, 6.07) is 6.72. The van der Waals surface area contributed by atoms with Crippen LogP contribution in [0.3, 0.4) is 0 Å². The number of anilines is 2. The Kier molecular flexibility index (Phi) is 3.97. The molecule has 0 fully saturated rings. The van der Waals surface area contributed by atoms with E-state index in [0.29, 0.717) is 5.69 Å². The van der Waals surface area contributed by atoms with Crippen LogP contribution in [0.25, 0.3) is 0 Å². The number of hydrogen-bond donors (Lipinski definition) is 1. The molecule has 0 radical (unpaired) electrons. The van der Waals surface area contributed by atoms with Crippen LogP contribution in [0.5, 0.6) is 0 Å². The maximum absolute atomic E-state index is 12.1. The van der Waals surface area contributed by atoms with Gasteiger partial charge >= 0.3 is 0 Å². The van der Waals surface area contributed by atoms with Crippen molar-refractivity contribution in [2.75, 3.05) is 24.3 Å². The molecule has 1 amide bonds. The maximum atomic E-state index is 12.1. The Morgan fingerprint density at radius 3 is 2.79 bits per heavy atom. The lowest BCUT2D eigenvalue weighted by atomic mass is 10.3. The van der Waals surface area contributed by atoms with Crippen LogP contribution in [-0.4, -0.2) is 30.0 Å². The fraction of sp³-hybridized carbons (Fsp3) is 0.154. The molecule has 0 unspecified atom stereocenters. The summed E-state index contributed by atoms with van der Waals surface area (Å²) >= 11 is 5.76. The summed E-state index contributed by atoms with van der Waals surface area (Å²) in [5, 5.41) is 3.06. The fourth-order valence-electron chi connectivity index (χ4n) is 1.59. The Balaban J connectivity index is 2.24. The number of carbonyl (C=O) groups is 1. The summed E-state index contributed by atoms with van der Waals surface area (Å²) in [6.45, 7) is 0. The van der Waals surface area contributed by atoms with E-state index < -0.39 is 0 Å². The van der Waals surface area contributed by atoms with Gasteiger partial charge in [-0.3, -0.25) is 9.78 Å². The Labute approximate surface area is 116 Å². The first-order valence-corrected chi connectivity index (χ1v) is 6.01. The summed E-state index contributed by atoms with van der Waals surface area (Å²) in [4.78, 5) is 21.9. The van der Waals surface area contributed by atoms with Crippen LogP contribution in [-0.2, 0) is 0 Å². The molecule has 2 rings (SSSR count). The Morgan fingerprint density at radius 1 is 1.32 bits per heavy atom. The summed E-state index contributed by atoms with van der Waals surface area (Å²) in [7, 11) is 3.78. The van der Waals surface area contributed by atoms with E-state index in [0.717, 1.165) is 5.69 Å². The molecule has 0 saturated heterocycles. The van der Waals surface area contributed by atoms with Crippen LogP contribution < -0.4 is 10.2 Å². The van der Waals surface area contributed by atoms with E-state index in [1.165, 1.54) is 0 Å². The van der Waals surface area contributed by atoms with Gasteiger partial charge < -0.3 is 10.2 Å². The molecule has 0 bridgehead atoms. The van der Waals surface area contributed by atoms with Gasteiger partial charge in [-0.15, -0.1) is 0 Å². The van der Waals surface area contributed by atoms with Crippen LogP contribution in [0.2, 0.25) is 5.15 Å². The number of nitrogens with one attached hydrogen (secondary N) is 1. The van der Waals surface area contributed by atoms with E-state index >= 15 is 0 Å². The molecule has 0 aliphatic heterocycles. The Bertz CT molecular complexity index is 601. The van der Waals surface area contributed by atoms with Crippen LogP contribution in [0.4, 0.5) is 11.4 Å². The van der Waals surface area contributed by atoms with Crippen LogP contribution in [0.1, 0.15) is 10.5 Å². The van der Waals surface area contributed by atoms with Crippen molar-refractivity contribution in [2.45, 2.75) is 0 Å². The molecular formula is C13H13ClN4O. The van der Waals surface area contributed by atoms with E-state index in [1.807, 2.05) is 25.1 Å². The van der Waals surface area contributed by atoms with Crippen LogP contribution >= 0.6 is 11.6 Å². The highest BCUT2D eigenvalue weighted by atomic mass is 35.5. The fourth-order valence-corrected chi connectivity index (χ4v) is 1.76. The van der Waals surface area contributed by atoms with Gasteiger partial charge in [-0.25, -0.2) is 4.98 Å². The van der Waals surface area contributed by atoms with E-state index in [4.69, 9.17) is 11.6 Å². The zero-order valence-electron chi connectivity index (χ0n) is 10.6. The van der Waals surface area contributed by atoms with Crippen molar-refractivity contribution in [3.63, 3.8) is 0 Å². The quantitative estimate of drug-likeness (QED) is 0.875. The predicted molar refractivity (Wildman–Crippen MR) is 75.8 cm³/mol. The topological polar surface area (TPSA) is 58.1 Å². The monoisotopic (exact) mass is 276 g/mol. The highest BCUT2D eigenvalue weighted by Crippen LogP contribution is 2.22. The number of halogens is 1. The van der Waals surface area contributed by atoms with Gasteiger partial charge in [0.1, 0.15) is 10.8 Å². The first-order valence-electron chi connectivity index (χ1n) is 5.63. The number of rotatable bonds is 3. The number of pyridine rings is 2. The third kappa shape index (κ3) is 3.20. The van der Waals surface area contributed by atoms with Gasteiger partial charge in [0.05, 0.1) is 17.6 Å². The molecule has 6 heteroatoms. The van der Waals surface area contributed by atoms with Crippen molar-refractivity contribution >= 4 is 28.9 Å². The predicted octanol–water partition coefficient (Wildman–Crippen LogP) is 2.45. The van der Waals surface area contributed by atoms with Crippen molar-refractivity contribution < 1.29 is 4.79 Å². The molecule has 2 aromatic rings.